The number of fused-ring (bicyclic) bond motifs is 1. The van der Waals surface area contributed by atoms with Gasteiger partial charge in [0.1, 0.15) is 11.4 Å². The first-order valence-electron chi connectivity index (χ1n) is 9.96. The van der Waals surface area contributed by atoms with Crippen LogP contribution in [0.5, 0.6) is 5.75 Å². The summed E-state index contributed by atoms with van der Waals surface area (Å²) < 4.78 is 2.12. The summed E-state index contributed by atoms with van der Waals surface area (Å²) in [6, 6.07) is 10.2. The predicted octanol–water partition coefficient (Wildman–Crippen LogP) is 2.16. The summed E-state index contributed by atoms with van der Waals surface area (Å²) in [5, 5.41) is 17.3. The van der Waals surface area contributed by atoms with Gasteiger partial charge in [-0.25, -0.2) is 4.98 Å². The van der Waals surface area contributed by atoms with Crippen LogP contribution in [0.1, 0.15) is 29.8 Å². The average Bonchev–Trinajstić information content (AvgIpc) is 3.02. The Kier molecular flexibility index (Phi) is 5.45. The molecule has 1 aromatic carbocycles. The number of benzene rings is 1. The van der Waals surface area contributed by atoms with Gasteiger partial charge in [0, 0.05) is 11.7 Å². The van der Waals surface area contributed by atoms with Crippen LogP contribution in [0.25, 0.3) is 11.0 Å². The van der Waals surface area contributed by atoms with E-state index in [4.69, 9.17) is 10.7 Å². The van der Waals surface area contributed by atoms with Crippen molar-refractivity contribution in [3.05, 3.63) is 47.3 Å². The zero-order chi connectivity index (χ0) is 19.5. The van der Waals surface area contributed by atoms with Crippen molar-refractivity contribution in [3.63, 3.8) is 0 Å². The second kappa shape index (κ2) is 8.16. The van der Waals surface area contributed by atoms with E-state index in [0.717, 1.165) is 55.0 Å². The number of aromatic hydroxyl groups is 1. The van der Waals surface area contributed by atoms with Crippen LogP contribution >= 0.6 is 0 Å². The van der Waals surface area contributed by atoms with E-state index >= 15 is 0 Å². The van der Waals surface area contributed by atoms with Gasteiger partial charge in [-0.2, -0.15) is 0 Å². The van der Waals surface area contributed by atoms with Crippen molar-refractivity contribution in [3.8, 4) is 5.75 Å². The highest BCUT2D eigenvalue weighted by Crippen LogP contribution is 2.26. The molecule has 2 aromatic heterocycles. The highest BCUT2D eigenvalue weighted by Gasteiger charge is 2.19. The van der Waals surface area contributed by atoms with Gasteiger partial charge in [0.25, 0.3) is 0 Å². The van der Waals surface area contributed by atoms with Crippen LogP contribution in [-0.2, 0) is 13.0 Å². The summed E-state index contributed by atoms with van der Waals surface area (Å²) in [4.78, 5) is 9.39. The molecule has 1 aliphatic rings. The Hall–Kier alpha value is -2.64. The molecule has 148 valence electrons. The number of imidazole rings is 1. The molecule has 3 heterocycles. The first-order valence-corrected chi connectivity index (χ1v) is 9.96. The number of piperidine rings is 1. The summed E-state index contributed by atoms with van der Waals surface area (Å²) in [6.45, 7) is 5.03. The molecule has 1 saturated heterocycles. The number of hydrogen-bond acceptors (Lipinski definition) is 6. The van der Waals surface area contributed by atoms with E-state index < -0.39 is 0 Å². The molecule has 0 saturated carbocycles. The van der Waals surface area contributed by atoms with Crippen molar-refractivity contribution in [1.29, 1.82) is 0 Å². The van der Waals surface area contributed by atoms with E-state index in [1.54, 1.807) is 6.07 Å². The topological polar surface area (TPSA) is 101 Å². The molecule has 0 atom stereocenters. The zero-order valence-corrected chi connectivity index (χ0v) is 16.3. The number of hydrogen-bond donors (Lipinski definition) is 4. The van der Waals surface area contributed by atoms with Crippen molar-refractivity contribution in [2.24, 2.45) is 5.73 Å². The van der Waals surface area contributed by atoms with Crippen LogP contribution in [-0.4, -0.2) is 45.3 Å². The molecule has 0 spiro atoms. The number of nitrogens with two attached hydrogens (primary N) is 1. The van der Waals surface area contributed by atoms with Gasteiger partial charge in [0.05, 0.1) is 17.6 Å². The monoisotopic (exact) mass is 380 g/mol. The maximum Gasteiger partial charge on any atom is 0.204 e. The van der Waals surface area contributed by atoms with Crippen molar-refractivity contribution in [2.75, 3.05) is 25.0 Å². The molecule has 7 heteroatoms. The molecule has 0 bridgehead atoms. The number of nitrogens with one attached hydrogen (secondary N) is 2. The third kappa shape index (κ3) is 3.95. The summed E-state index contributed by atoms with van der Waals surface area (Å²) >= 11 is 0. The SMILES string of the molecule is Cc1ccc(O)c(Cn2c(NC3CCNCC3)nc3ccc(CCN)cc32)n1. The van der Waals surface area contributed by atoms with Crippen molar-refractivity contribution >= 4 is 17.0 Å². The lowest BCUT2D eigenvalue weighted by atomic mass is 10.1. The van der Waals surface area contributed by atoms with Gasteiger partial charge >= 0.3 is 0 Å². The minimum atomic E-state index is 0.207. The average molecular weight is 380 g/mol. The lowest BCUT2D eigenvalue weighted by Crippen LogP contribution is -2.36. The normalized spacial score (nSPS) is 15.2. The molecule has 0 unspecified atom stereocenters. The molecule has 0 aliphatic carbocycles. The van der Waals surface area contributed by atoms with Crippen LogP contribution in [0.4, 0.5) is 5.95 Å². The standard InChI is InChI=1S/C21H28N6O/c1-14-2-5-20(28)18(24-14)13-27-19-12-15(6-9-22)3-4-17(19)26-21(27)25-16-7-10-23-11-8-16/h2-5,12,16,23,28H,6-11,13,22H2,1H3,(H,25,26). The molecule has 0 radical (unpaired) electrons. The summed E-state index contributed by atoms with van der Waals surface area (Å²) in [7, 11) is 0. The van der Waals surface area contributed by atoms with E-state index in [9.17, 15) is 5.11 Å². The van der Waals surface area contributed by atoms with E-state index in [1.807, 2.05) is 19.1 Å². The van der Waals surface area contributed by atoms with Crippen molar-refractivity contribution in [1.82, 2.24) is 19.9 Å². The Labute approximate surface area is 165 Å². The number of pyridine rings is 1. The van der Waals surface area contributed by atoms with Gasteiger partial charge < -0.3 is 26.0 Å². The minimum Gasteiger partial charge on any atom is -0.506 e. The fourth-order valence-electron chi connectivity index (χ4n) is 3.78. The number of aryl methyl sites for hydroxylation is 1. The quantitative estimate of drug-likeness (QED) is 0.523. The van der Waals surface area contributed by atoms with Gasteiger partial charge in [0.2, 0.25) is 5.95 Å². The van der Waals surface area contributed by atoms with Gasteiger partial charge in [-0.1, -0.05) is 6.07 Å². The fraction of sp³-hybridized carbons (Fsp3) is 0.429. The Morgan fingerprint density at radius 3 is 2.82 bits per heavy atom. The Balaban J connectivity index is 1.75. The lowest BCUT2D eigenvalue weighted by Gasteiger charge is -2.24. The largest absolute Gasteiger partial charge is 0.506 e. The molecule has 1 fully saturated rings. The van der Waals surface area contributed by atoms with Crippen LogP contribution in [0.15, 0.2) is 30.3 Å². The Morgan fingerprint density at radius 2 is 2.04 bits per heavy atom. The first kappa shape index (κ1) is 18.7. The number of nitrogens with zero attached hydrogens (tertiary/aromatic N) is 3. The number of aromatic nitrogens is 3. The molecule has 3 aromatic rings. The zero-order valence-electron chi connectivity index (χ0n) is 16.3. The number of rotatable bonds is 6. The summed E-state index contributed by atoms with van der Waals surface area (Å²) in [6.07, 6.45) is 2.96. The molecule has 0 amide bonds. The second-order valence-corrected chi connectivity index (χ2v) is 7.47. The summed E-state index contributed by atoms with van der Waals surface area (Å²) in [5.74, 6) is 1.04. The number of anilines is 1. The third-order valence-corrected chi connectivity index (χ3v) is 5.32. The van der Waals surface area contributed by atoms with E-state index in [-0.39, 0.29) is 5.75 Å². The lowest BCUT2D eigenvalue weighted by molar-refractivity contribution is 0.460. The van der Waals surface area contributed by atoms with Gasteiger partial charge in [0.15, 0.2) is 0 Å². The van der Waals surface area contributed by atoms with Gasteiger partial charge in [-0.05, 0) is 75.6 Å². The van der Waals surface area contributed by atoms with Gasteiger partial charge in [-0.15, -0.1) is 0 Å². The molecule has 1 aliphatic heterocycles. The molecular formula is C21H28N6O. The van der Waals surface area contributed by atoms with E-state index in [2.05, 4.69) is 32.3 Å². The van der Waals surface area contributed by atoms with Crippen LogP contribution in [0.3, 0.4) is 0 Å². The molecule has 4 rings (SSSR count). The Morgan fingerprint density at radius 1 is 1.21 bits per heavy atom. The van der Waals surface area contributed by atoms with Crippen LogP contribution < -0.4 is 16.4 Å². The maximum atomic E-state index is 10.3. The molecule has 7 nitrogen and oxygen atoms in total. The van der Waals surface area contributed by atoms with E-state index in [0.29, 0.717) is 24.8 Å². The van der Waals surface area contributed by atoms with Gasteiger partial charge in [-0.3, -0.25) is 4.98 Å². The minimum absolute atomic E-state index is 0.207. The second-order valence-electron chi connectivity index (χ2n) is 7.47. The highest BCUT2D eigenvalue weighted by molar-refractivity contribution is 5.79. The predicted molar refractivity (Wildman–Crippen MR) is 112 cm³/mol. The molecular weight excluding hydrogens is 352 g/mol. The molecule has 28 heavy (non-hydrogen) atoms. The highest BCUT2D eigenvalue weighted by atomic mass is 16.3. The first-order chi connectivity index (χ1) is 13.6. The third-order valence-electron chi connectivity index (χ3n) is 5.32. The maximum absolute atomic E-state index is 10.3. The smallest absolute Gasteiger partial charge is 0.204 e. The molecule has 5 N–H and O–H groups in total. The van der Waals surface area contributed by atoms with Crippen LogP contribution in [0, 0.1) is 6.92 Å². The fourth-order valence-corrected chi connectivity index (χ4v) is 3.78. The van der Waals surface area contributed by atoms with Crippen molar-refractivity contribution < 1.29 is 5.11 Å². The van der Waals surface area contributed by atoms with Crippen molar-refractivity contribution in [2.45, 2.75) is 38.8 Å². The van der Waals surface area contributed by atoms with Crippen LogP contribution in [0.2, 0.25) is 0 Å². The summed E-state index contributed by atoms with van der Waals surface area (Å²) in [5.41, 5.74) is 10.4. The van der Waals surface area contributed by atoms with E-state index in [1.165, 1.54) is 5.56 Å². The Bertz CT molecular complexity index is 961.